The summed E-state index contributed by atoms with van der Waals surface area (Å²) in [5.41, 5.74) is 4.66. The van der Waals surface area contributed by atoms with Gasteiger partial charge in [0.05, 0.1) is 36.3 Å². The fourth-order valence-electron chi connectivity index (χ4n) is 4.00. The van der Waals surface area contributed by atoms with Gasteiger partial charge in [0.25, 0.3) is 0 Å². The maximum atomic E-state index is 13.0. The Hall–Kier alpha value is -3.45. The van der Waals surface area contributed by atoms with Gasteiger partial charge in [-0.05, 0) is 36.8 Å². The number of aromatic nitrogens is 2. The number of benzene rings is 2. The van der Waals surface area contributed by atoms with E-state index in [1.807, 2.05) is 47.7 Å². The molecule has 0 atom stereocenters. The predicted molar refractivity (Wildman–Crippen MR) is 125 cm³/mol. The first-order valence-electron chi connectivity index (χ1n) is 10.5. The average Bonchev–Trinajstić information content (AvgIpc) is 3.09. The zero-order valence-corrected chi connectivity index (χ0v) is 18.8. The minimum Gasteiger partial charge on any atom is -0.493 e. The quantitative estimate of drug-likeness (QED) is 0.458. The molecule has 1 amide bonds. The number of carbonyl (C=O) groups is 1. The van der Waals surface area contributed by atoms with Gasteiger partial charge in [0.1, 0.15) is 6.61 Å². The molecule has 1 aliphatic heterocycles. The number of thiazole rings is 1. The molecule has 7 heteroatoms. The Morgan fingerprint density at radius 3 is 2.91 bits per heavy atom. The van der Waals surface area contributed by atoms with Crippen molar-refractivity contribution in [3.8, 4) is 22.6 Å². The number of pyridine rings is 1. The smallest absolute Gasteiger partial charge is 0.229 e. The molecule has 0 unspecified atom stereocenters. The summed E-state index contributed by atoms with van der Waals surface area (Å²) >= 11 is 1.56. The highest BCUT2D eigenvalue weighted by Gasteiger charge is 2.24. The van der Waals surface area contributed by atoms with Crippen LogP contribution >= 0.6 is 11.3 Å². The van der Waals surface area contributed by atoms with Gasteiger partial charge in [-0.15, -0.1) is 11.3 Å². The Morgan fingerprint density at radius 1 is 1.22 bits per heavy atom. The summed E-state index contributed by atoms with van der Waals surface area (Å²) in [7, 11) is 1.64. The molecule has 162 valence electrons. The van der Waals surface area contributed by atoms with Crippen molar-refractivity contribution in [3.63, 3.8) is 0 Å². The standard InChI is InChI=1S/C25H23N3O3S/c1-16-27-21(15-32-16)12-24(29)28-7-8-31-25-20(14-28)10-18(11-23(25)30-2)19-9-17-5-3-4-6-22(17)26-13-19/h3-6,9-11,13,15H,7-8,12,14H2,1-2H3. The number of hydrogen-bond donors (Lipinski definition) is 0. The molecule has 2 aromatic heterocycles. The number of methoxy groups -OCH3 is 1. The Kier molecular flexibility index (Phi) is 5.49. The van der Waals surface area contributed by atoms with Crippen LogP contribution in [0.5, 0.6) is 11.5 Å². The lowest BCUT2D eigenvalue weighted by molar-refractivity contribution is -0.131. The third-order valence-corrected chi connectivity index (χ3v) is 6.42. The zero-order chi connectivity index (χ0) is 22.1. The first kappa shape index (κ1) is 20.5. The number of para-hydroxylation sites is 1. The molecule has 6 nitrogen and oxygen atoms in total. The molecule has 4 aromatic rings. The van der Waals surface area contributed by atoms with E-state index < -0.39 is 0 Å². The molecule has 0 bridgehead atoms. The Labute approximate surface area is 190 Å². The van der Waals surface area contributed by atoms with Crippen LogP contribution in [0.1, 0.15) is 16.3 Å². The van der Waals surface area contributed by atoms with E-state index in [4.69, 9.17) is 9.47 Å². The zero-order valence-electron chi connectivity index (χ0n) is 18.0. The first-order valence-corrected chi connectivity index (χ1v) is 11.4. The molecule has 32 heavy (non-hydrogen) atoms. The van der Waals surface area contributed by atoms with Crippen molar-refractivity contribution in [1.82, 2.24) is 14.9 Å². The SMILES string of the molecule is COc1cc(-c2cnc3ccccc3c2)cc2c1OCCN(C(=O)Cc1csc(C)n1)C2. The second-order valence-electron chi connectivity index (χ2n) is 7.78. The third-order valence-electron chi connectivity index (χ3n) is 5.60. The normalized spacial score (nSPS) is 13.4. The summed E-state index contributed by atoms with van der Waals surface area (Å²) in [5.74, 6) is 1.41. The summed E-state index contributed by atoms with van der Waals surface area (Å²) in [6.45, 7) is 3.35. The van der Waals surface area contributed by atoms with Gasteiger partial charge in [0, 0.05) is 34.6 Å². The maximum Gasteiger partial charge on any atom is 0.229 e. The van der Waals surface area contributed by atoms with Crippen LogP contribution in [-0.2, 0) is 17.8 Å². The summed E-state index contributed by atoms with van der Waals surface area (Å²) in [4.78, 5) is 23.8. The van der Waals surface area contributed by atoms with Crippen LogP contribution in [0.2, 0.25) is 0 Å². The van der Waals surface area contributed by atoms with Crippen LogP contribution in [0.3, 0.4) is 0 Å². The van der Waals surface area contributed by atoms with Crippen LogP contribution in [0.25, 0.3) is 22.0 Å². The Balaban J connectivity index is 1.48. The number of nitrogens with zero attached hydrogens (tertiary/aromatic N) is 3. The molecule has 2 aromatic carbocycles. The van der Waals surface area contributed by atoms with Crippen molar-refractivity contribution in [2.24, 2.45) is 0 Å². The Bertz CT molecular complexity index is 1300. The fraction of sp³-hybridized carbons (Fsp3) is 0.240. The Morgan fingerprint density at radius 2 is 2.09 bits per heavy atom. The first-order chi connectivity index (χ1) is 15.6. The second-order valence-corrected chi connectivity index (χ2v) is 8.84. The lowest BCUT2D eigenvalue weighted by Gasteiger charge is -2.20. The van der Waals surface area contributed by atoms with Crippen LogP contribution in [-0.4, -0.2) is 41.0 Å². The molecule has 5 rings (SSSR count). The van der Waals surface area contributed by atoms with Gasteiger partial charge in [-0.2, -0.15) is 0 Å². The molecule has 0 aliphatic carbocycles. The van der Waals surface area contributed by atoms with Gasteiger partial charge < -0.3 is 14.4 Å². The van der Waals surface area contributed by atoms with Crippen molar-refractivity contribution in [2.75, 3.05) is 20.3 Å². The van der Waals surface area contributed by atoms with E-state index >= 15 is 0 Å². The van der Waals surface area contributed by atoms with Crippen molar-refractivity contribution >= 4 is 28.1 Å². The predicted octanol–water partition coefficient (Wildman–Crippen LogP) is 4.64. The summed E-state index contributed by atoms with van der Waals surface area (Å²) in [6.07, 6.45) is 2.17. The largest absolute Gasteiger partial charge is 0.493 e. The summed E-state index contributed by atoms with van der Waals surface area (Å²) in [6, 6.07) is 14.2. The lowest BCUT2D eigenvalue weighted by atomic mass is 10.0. The fourth-order valence-corrected chi connectivity index (χ4v) is 4.61. The highest BCUT2D eigenvalue weighted by molar-refractivity contribution is 7.09. The average molecular weight is 446 g/mol. The molecule has 0 spiro atoms. The topological polar surface area (TPSA) is 64.6 Å². The van der Waals surface area contributed by atoms with E-state index in [1.54, 1.807) is 18.4 Å². The number of ether oxygens (including phenoxy) is 2. The highest BCUT2D eigenvalue weighted by Crippen LogP contribution is 2.38. The van der Waals surface area contributed by atoms with Crippen molar-refractivity contribution in [1.29, 1.82) is 0 Å². The van der Waals surface area contributed by atoms with Gasteiger partial charge in [-0.1, -0.05) is 18.2 Å². The highest BCUT2D eigenvalue weighted by atomic mass is 32.1. The number of fused-ring (bicyclic) bond motifs is 2. The van der Waals surface area contributed by atoms with Gasteiger partial charge >= 0.3 is 0 Å². The maximum absolute atomic E-state index is 13.0. The van der Waals surface area contributed by atoms with Crippen LogP contribution < -0.4 is 9.47 Å². The molecule has 0 radical (unpaired) electrons. The minimum absolute atomic E-state index is 0.0449. The van der Waals surface area contributed by atoms with E-state index in [2.05, 4.69) is 28.2 Å². The molecule has 0 N–H and O–H groups in total. The van der Waals surface area contributed by atoms with Crippen molar-refractivity contribution in [2.45, 2.75) is 19.9 Å². The van der Waals surface area contributed by atoms with Gasteiger partial charge in [-0.25, -0.2) is 4.98 Å². The number of amides is 1. The number of rotatable bonds is 4. The van der Waals surface area contributed by atoms with E-state index in [9.17, 15) is 4.79 Å². The van der Waals surface area contributed by atoms with E-state index in [0.717, 1.165) is 38.3 Å². The van der Waals surface area contributed by atoms with E-state index in [0.29, 0.717) is 37.6 Å². The molecular weight excluding hydrogens is 422 g/mol. The molecular formula is C25H23N3O3S. The molecule has 0 saturated heterocycles. The molecule has 1 aliphatic rings. The number of hydrogen-bond acceptors (Lipinski definition) is 6. The third kappa shape index (κ3) is 4.03. The van der Waals surface area contributed by atoms with E-state index in [1.165, 1.54) is 0 Å². The van der Waals surface area contributed by atoms with Crippen molar-refractivity contribution in [3.05, 3.63) is 70.3 Å². The minimum atomic E-state index is 0.0449. The van der Waals surface area contributed by atoms with Gasteiger partial charge in [0.2, 0.25) is 5.91 Å². The number of aryl methyl sites for hydroxylation is 1. The number of carbonyl (C=O) groups excluding carboxylic acids is 1. The van der Waals surface area contributed by atoms with Crippen LogP contribution in [0.15, 0.2) is 54.0 Å². The van der Waals surface area contributed by atoms with E-state index in [-0.39, 0.29) is 5.91 Å². The van der Waals surface area contributed by atoms with Crippen molar-refractivity contribution < 1.29 is 14.3 Å². The lowest BCUT2D eigenvalue weighted by Crippen LogP contribution is -2.33. The molecule has 0 saturated carbocycles. The molecule has 3 heterocycles. The summed E-state index contributed by atoms with van der Waals surface area (Å²) < 4.78 is 11.7. The van der Waals surface area contributed by atoms with Crippen LogP contribution in [0.4, 0.5) is 0 Å². The summed E-state index contributed by atoms with van der Waals surface area (Å²) in [5, 5.41) is 3.99. The second kappa shape index (κ2) is 8.59. The molecule has 0 fully saturated rings. The van der Waals surface area contributed by atoms with Crippen LogP contribution in [0, 0.1) is 6.92 Å². The van der Waals surface area contributed by atoms with Gasteiger partial charge in [-0.3, -0.25) is 9.78 Å². The van der Waals surface area contributed by atoms with Gasteiger partial charge in [0.15, 0.2) is 11.5 Å². The monoisotopic (exact) mass is 445 g/mol.